The Kier molecular flexibility index (Phi) is 6.74. The van der Waals surface area contributed by atoms with E-state index in [1.54, 1.807) is 0 Å². The number of carbonyl (C=O) groups is 1. The van der Waals surface area contributed by atoms with Crippen molar-refractivity contribution in [1.82, 2.24) is 10.2 Å². The maximum absolute atomic E-state index is 13.2. The van der Waals surface area contributed by atoms with Crippen LogP contribution in [0, 0.1) is 5.82 Å². The van der Waals surface area contributed by atoms with Crippen LogP contribution in [-0.2, 0) is 6.54 Å². The molecule has 0 bridgehead atoms. The van der Waals surface area contributed by atoms with Crippen LogP contribution in [-0.4, -0.2) is 30.9 Å². The van der Waals surface area contributed by atoms with Gasteiger partial charge in [0.25, 0.3) is 5.91 Å². The minimum atomic E-state index is -0.416. The molecule has 0 radical (unpaired) electrons. The zero-order chi connectivity index (χ0) is 16.7. The Bertz CT molecular complexity index is 649. The summed E-state index contributed by atoms with van der Waals surface area (Å²) in [5.74, 6) is -0.678. The number of benzene rings is 2. The number of hydrogen-bond donors (Lipinski definition) is 1. The molecule has 0 aromatic heterocycles. The highest BCUT2D eigenvalue weighted by Gasteiger charge is 2.10. The highest BCUT2D eigenvalue weighted by Crippen LogP contribution is 2.17. The molecule has 1 amide bonds. The summed E-state index contributed by atoms with van der Waals surface area (Å²) in [5.41, 5.74) is 1.59. The largest absolute Gasteiger partial charge is 0.352 e. The van der Waals surface area contributed by atoms with E-state index in [2.05, 4.69) is 45.3 Å². The van der Waals surface area contributed by atoms with Gasteiger partial charge in [0.15, 0.2) is 0 Å². The van der Waals surface area contributed by atoms with E-state index in [0.29, 0.717) is 16.6 Å². The highest BCUT2D eigenvalue weighted by molar-refractivity contribution is 9.10. The van der Waals surface area contributed by atoms with Gasteiger partial charge in [0.05, 0.1) is 5.56 Å². The van der Waals surface area contributed by atoms with Gasteiger partial charge in [-0.1, -0.05) is 30.3 Å². The molecule has 0 aliphatic rings. The molecule has 3 nitrogen and oxygen atoms in total. The molecule has 0 unspecified atom stereocenters. The van der Waals surface area contributed by atoms with Crippen LogP contribution < -0.4 is 5.32 Å². The lowest BCUT2D eigenvalue weighted by Crippen LogP contribution is -2.28. The number of nitrogens with zero attached hydrogens (tertiary/aromatic N) is 1. The number of rotatable bonds is 7. The number of carbonyl (C=O) groups excluding carboxylic acids is 1. The van der Waals surface area contributed by atoms with Gasteiger partial charge in [-0.2, -0.15) is 0 Å². The van der Waals surface area contributed by atoms with E-state index in [-0.39, 0.29) is 5.91 Å². The highest BCUT2D eigenvalue weighted by atomic mass is 79.9. The van der Waals surface area contributed by atoms with Crippen molar-refractivity contribution in [1.29, 1.82) is 0 Å². The summed E-state index contributed by atoms with van der Waals surface area (Å²) in [6, 6.07) is 14.3. The third kappa shape index (κ3) is 5.77. The van der Waals surface area contributed by atoms with E-state index in [0.717, 1.165) is 19.5 Å². The second-order valence-electron chi connectivity index (χ2n) is 5.46. The minimum Gasteiger partial charge on any atom is -0.352 e. The van der Waals surface area contributed by atoms with Gasteiger partial charge >= 0.3 is 0 Å². The molecular formula is C18H20BrFN2O. The molecule has 0 aliphatic carbocycles. The van der Waals surface area contributed by atoms with Crippen molar-refractivity contribution < 1.29 is 9.18 Å². The van der Waals surface area contributed by atoms with Gasteiger partial charge in [0.1, 0.15) is 5.82 Å². The SMILES string of the molecule is CN(CCCNC(=O)c1cc(F)ccc1Br)Cc1ccccc1. The fourth-order valence-corrected chi connectivity index (χ4v) is 2.72. The first-order chi connectivity index (χ1) is 11.1. The van der Waals surface area contributed by atoms with Crippen LogP contribution in [0.1, 0.15) is 22.3 Å². The minimum absolute atomic E-state index is 0.262. The molecular weight excluding hydrogens is 359 g/mol. The molecule has 0 heterocycles. The first-order valence-electron chi connectivity index (χ1n) is 7.52. The summed E-state index contributed by atoms with van der Waals surface area (Å²) in [5, 5.41) is 2.82. The summed E-state index contributed by atoms with van der Waals surface area (Å²) < 4.78 is 13.8. The van der Waals surface area contributed by atoms with E-state index in [4.69, 9.17) is 0 Å². The molecule has 0 spiro atoms. The predicted octanol–water partition coefficient (Wildman–Crippen LogP) is 3.84. The van der Waals surface area contributed by atoms with E-state index in [1.807, 2.05) is 18.2 Å². The molecule has 0 saturated heterocycles. The quantitative estimate of drug-likeness (QED) is 0.742. The second kappa shape index (κ2) is 8.79. The molecule has 2 rings (SSSR count). The summed E-state index contributed by atoms with van der Waals surface area (Å²) in [7, 11) is 2.05. The topological polar surface area (TPSA) is 32.3 Å². The van der Waals surface area contributed by atoms with Crippen LogP contribution in [0.5, 0.6) is 0 Å². The summed E-state index contributed by atoms with van der Waals surface area (Å²) in [6.45, 7) is 2.31. The maximum Gasteiger partial charge on any atom is 0.252 e. The Hall–Kier alpha value is -1.72. The molecule has 0 aliphatic heterocycles. The Morgan fingerprint density at radius 3 is 2.70 bits per heavy atom. The Morgan fingerprint density at radius 1 is 1.22 bits per heavy atom. The normalized spacial score (nSPS) is 10.8. The molecule has 0 atom stereocenters. The molecule has 2 aromatic carbocycles. The Morgan fingerprint density at radius 2 is 1.96 bits per heavy atom. The summed E-state index contributed by atoms with van der Waals surface area (Å²) in [6.07, 6.45) is 0.835. The van der Waals surface area contributed by atoms with E-state index in [9.17, 15) is 9.18 Å². The lowest BCUT2D eigenvalue weighted by Gasteiger charge is -2.16. The summed E-state index contributed by atoms with van der Waals surface area (Å²) >= 11 is 3.26. The van der Waals surface area contributed by atoms with Crippen LogP contribution in [0.3, 0.4) is 0 Å². The Balaban J connectivity index is 1.72. The van der Waals surface area contributed by atoms with Crippen molar-refractivity contribution in [3.63, 3.8) is 0 Å². The molecule has 5 heteroatoms. The van der Waals surface area contributed by atoms with Gasteiger partial charge in [-0.25, -0.2) is 4.39 Å². The van der Waals surface area contributed by atoms with Gasteiger partial charge in [0.2, 0.25) is 0 Å². The monoisotopic (exact) mass is 378 g/mol. The second-order valence-corrected chi connectivity index (χ2v) is 6.31. The molecule has 0 fully saturated rings. The van der Waals surface area contributed by atoms with Gasteiger partial charge in [-0.3, -0.25) is 4.79 Å². The number of halogens is 2. The van der Waals surface area contributed by atoms with Crippen molar-refractivity contribution in [3.8, 4) is 0 Å². The standard InChI is InChI=1S/C18H20BrFN2O/c1-22(13-14-6-3-2-4-7-14)11-5-10-21-18(23)16-12-15(20)8-9-17(16)19/h2-4,6-9,12H,5,10-11,13H2,1H3,(H,21,23). The van der Waals surface area contributed by atoms with Gasteiger partial charge in [0, 0.05) is 17.6 Å². The van der Waals surface area contributed by atoms with Gasteiger partial charge in [-0.15, -0.1) is 0 Å². The lowest BCUT2D eigenvalue weighted by molar-refractivity contribution is 0.0950. The molecule has 2 aromatic rings. The van der Waals surface area contributed by atoms with Crippen LogP contribution in [0.15, 0.2) is 53.0 Å². The zero-order valence-corrected chi connectivity index (χ0v) is 14.6. The molecule has 0 saturated carbocycles. The fourth-order valence-electron chi connectivity index (χ4n) is 2.29. The fraction of sp³-hybridized carbons (Fsp3) is 0.278. The zero-order valence-electron chi connectivity index (χ0n) is 13.1. The first-order valence-corrected chi connectivity index (χ1v) is 8.31. The van der Waals surface area contributed by atoms with Crippen LogP contribution in [0.25, 0.3) is 0 Å². The van der Waals surface area contributed by atoms with Crippen molar-refractivity contribution in [2.24, 2.45) is 0 Å². The Labute approximate surface area is 144 Å². The number of amides is 1. The first kappa shape index (κ1) is 17.6. The van der Waals surface area contributed by atoms with Crippen LogP contribution in [0.2, 0.25) is 0 Å². The smallest absolute Gasteiger partial charge is 0.252 e. The average molecular weight is 379 g/mol. The van der Waals surface area contributed by atoms with Crippen molar-refractivity contribution >= 4 is 21.8 Å². The molecule has 1 N–H and O–H groups in total. The molecule has 122 valence electrons. The van der Waals surface area contributed by atoms with Crippen molar-refractivity contribution in [3.05, 3.63) is 69.9 Å². The summed E-state index contributed by atoms with van der Waals surface area (Å²) in [4.78, 5) is 14.2. The van der Waals surface area contributed by atoms with E-state index < -0.39 is 5.82 Å². The van der Waals surface area contributed by atoms with Gasteiger partial charge < -0.3 is 10.2 Å². The predicted molar refractivity (Wildman–Crippen MR) is 93.8 cm³/mol. The van der Waals surface area contributed by atoms with Crippen LogP contribution >= 0.6 is 15.9 Å². The maximum atomic E-state index is 13.2. The number of nitrogens with one attached hydrogen (secondary N) is 1. The third-order valence-corrected chi connectivity index (χ3v) is 4.16. The lowest BCUT2D eigenvalue weighted by atomic mass is 10.2. The van der Waals surface area contributed by atoms with Crippen molar-refractivity contribution in [2.75, 3.05) is 20.1 Å². The number of hydrogen-bond acceptors (Lipinski definition) is 2. The average Bonchev–Trinajstić information content (AvgIpc) is 2.54. The third-order valence-electron chi connectivity index (χ3n) is 3.47. The van der Waals surface area contributed by atoms with E-state index in [1.165, 1.54) is 23.8 Å². The van der Waals surface area contributed by atoms with Crippen molar-refractivity contribution in [2.45, 2.75) is 13.0 Å². The van der Waals surface area contributed by atoms with E-state index >= 15 is 0 Å². The molecule has 23 heavy (non-hydrogen) atoms. The van der Waals surface area contributed by atoms with Gasteiger partial charge in [-0.05, 0) is 59.7 Å². The van der Waals surface area contributed by atoms with Crippen LogP contribution in [0.4, 0.5) is 4.39 Å².